The predicted octanol–water partition coefficient (Wildman–Crippen LogP) is 13.0. The van der Waals surface area contributed by atoms with Crippen LogP contribution in [0.3, 0.4) is 0 Å². The number of fused-ring (bicyclic) bond motifs is 11. The van der Waals surface area contributed by atoms with Crippen LogP contribution in [0.5, 0.6) is 0 Å². The molecule has 246 valence electrons. The average Bonchev–Trinajstić information content (AvgIpc) is 3.86. The zero-order valence-corrected chi connectivity index (χ0v) is 29.2. The Kier molecular flexibility index (Phi) is 5.90. The molecule has 0 saturated carbocycles. The van der Waals surface area contributed by atoms with E-state index in [0.29, 0.717) is 0 Å². The van der Waals surface area contributed by atoms with Crippen molar-refractivity contribution < 1.29 is 0 Å². The van der Waals surface area contributed by atoms with Crippen molar-refractivity contribution in [1.29, 1.82) is 0 Å². The molecule has 12 aromatic rings. The normalized spacial score (nSPS) is 12.2. The van der Waals surface area contributed by atoms with Crippen molar-refractivity contribution in [3.63, 3.8) is 0 Å². The van der Waals surface area contributed by atoms with Crippen molar-refractivity contribution in [2.75, 3.05) is 0 Å². The molecule has 0 unspecified atom stereocenters. The molecule has 0 aliphatic heterocycles. The Morgan fingerprint density at radius 3 is 1.68 bits per heavy atom. The molecule has 5 heteroatoms. The number of rotatable bonds is 3. The molecule has 0 saturated heterocycles. The average molecular weight is 693 g/mol. The van der Waals surface area contributed by atoms with Crippen LogP contribution in [0.1, 0.15) is 0 Å². The van der Waals surface area contributed by atoms with Crippen LogP contribution in [-0.2, 0) is 0 Å². The van der Waals surface area contributed by atoms with E-state index < -0.39 is 0 Å². The van der Waals surface area contributed by atoms with E-state index in [1.807, 2.05) is 23.5 Å². The molecule has 4 aromatic heterocycles. The summed E-state index contributed by atoms with van der Waals surface area (Å²) in [6, 6.07) is 61.2. The van der Waals surface area contributed by atoms with Gasteiger partial charge >= 0.3 is 0 Å². The molecular weight excluding hydrogens is 665 g/mol. The third-order valence-corrected chi connectivity index (χ3v) is 12.0. The van der Waals surface area contributed by atoms with Gasteiger partial charge in [-0.05, 0) is 89.6 Å². The van der Waals surface area contributed by atoms with Crippen LogP contribution in [0.25, 0.3) is 108 Å². The fourth-order valence-corrected chi connectivity index (χ4v) is 9.56. The van der Waals surface area contributed by atoms with Gasteiger partial charge < -0.3 is 4.57 Å². The monoisotopic (exact) mass is 692 g/mol. The molecule has 0 amide bonds. The number of benzene rings is 8. The van der Waals surface area contributed by atoms with Gasteiger partial charge in [0.25, 0.3) is 0 Å². The van der Waals surface area contributed by atoms with Gasteiger partial charge in [0.05, 0.1) is 33.1 Å². The van der Waals surface area contributed by atoms with Crippen LogP contribution in [-0.4, -0.2) is 19.1 Å². The van der Waals surface area contributed by atoms with Crippen molar-refractivity contribution in [3.8, 4) is 22.8 Å². The van der Waals surface area contributed by atoms with Crippen molar-refractivity contribution in [2.24, 2.45) is 0 Å². The minimum Gasteiger partial charge on any atom is -0.309 e. The third-order valence-electron chi connectivity index (χ3n) is 10.8. The van der Waals surface area contributed by atoms with Crippen molar-refractivity contribution in [3.05, 3.63) is 170 Å². The van der Waals surface area contributed by atoms with E-state index in [9.17, 15) is 0 Å². The highest BCUT2D eigenvalue weighted by Gasteiger charge is 2.21. The molecule has 0 N–H and O–H groups in total. The lowest BCUT2D eigenvalue weighted by Gasteiger charge is -2.14. The maximum Gasteiger partial charge on any atom is 0.165 e. The van der Waals surface area contributed by atoms with Gasteiger partial charge in [-0.2, -0.15) is 0 Å². The molecule has 4 heterocycles. The van der Waals surface area contributed by atoms with E-state index in [2.05, 4.69) is 167 Å². The van der Waals surface area contributed by atoms with Gasteiger partial charge in [-0.15, -0.1) is 11.3 Å². The number of aromatic nitrogens is 4. The molecule has 0 spiro atoms. The van der Waals surface area contributed by atoms with E-state index in [1.54, 1.807) is 0 Å². The first-order valence-electron chi connectivity index (χ1n) is 17.9. The number of para-hydroxylation sites is 5. The van der Waals surface area contributed by atoms with E-state index in [0.717, 1.165) is 44.8 Å². The van der Waals surface area contributed by atoms with Crippen molar-refractivity contribution >= 4 is 96.9 Å². The van der Waals surface area contributed by atoms with Gasteiger partial charge in [0.15, 0.2) is 5.82 Å². The standard InChI is InChI=1S/C48H28N4S/c1-2-12-32(13-3-1)51-41-19-9-4-14-33(41)36-25-31-28-44-37(26-30(31)27-43(36)51)34-15-5-10-20-42(34)52(44)48-47(49-39-17-7-8-18-40(39)50-48)29-22-23-46-38(24-29)35-16-6-11-21-45(35)53-46/h1-28H. The first-order chi connectivity index (χ1) is 26.3. The molecule has 12 rings (SSSR count). The highest BCUT2D eigenvalue weighted by molar-refractivity contribution is 7.25. The van der Waals surface area contributed by atoms with Gasteiger partial charge in [0.2, 0.25) is 0 Å². The first kappa shape index (κ1) is 28.8. The first-order valence-corrected chi connectivity index (χ1v) is 18.7. The fraction of sp³-hybridized carbons (Fsp3) is 0. The SMILES string of the molecule is c1ccc(-n2c3ccccc3c3cc4cc5c(cc4cc32)c2ccccc2n5-c2nc3ccccc3nc2-c2ccc3sc4ccccc4c3c2)cc1. The lowest BCUT2D eigenvalue weighted by Crippen LogP contribution is -2.03. The second kappa shape index (κ2) is 10.8. The number of hydrogen-bond acceptors (Lipinski definition) is 3. The largest absolute Gasteiger partial charge is 0.309 e. The smallest absolute Gasteiger partial charge is 0.165 e. The minimum atomic E-state index is 0.829. The lowest BCUT2D eigenvalue weighted by molar-refractivity contribution is 1.08. The van der Waals surface area contributed by atoms with Gasteiger partial charge in [-0.3, -0.25) is 4.57 Å². The van der Waals surface area contributed by atoms with Crippen LogP contribution >= 0.6 is 11.3 Å². The summed E-state index contributed by atoms with van der Waals surface area (Å²) in [6.45, 7) is 0. The molecular formula is C48H28N4S. The van der Waals surface area contributed by atoms with Gasteiger partial charge in [0, 0.05) is 53.0 Å². The van der Waals surface area contributed by atoms with Gasteiger partial charge in [-0.1, -0.05) is 91.0 Å². The number of thiophene rings is 1. The Morgan fingerprint density at radius 1 is 0.377 bits per heavy atom. The van der Waals surface area contributed by atoms with Crippen molar-refractivity contribution in [2.45, 2.75) is 0 Å². The topological polar surface area (TPSA) is 35.6 Å². The Bertz CT molecular complexity index is 3460. The summed E-state index contributed by atoms with van der Waals surface area (Å²) in [5.74, 6) is 0.829. The summed E-state index contributed by atoms with van der Waals surface area (Å²) in [5.41, 5.74) is 9.45. The second-order valence-electron chi connectivity index (χ2n) is 13.8. The van der Waals surface area contributed by atoms with Crippen molar-refractivity contribution in [1.82, 2.24) is 19.1 Å². The van der Waals surface area contributed by atoms with E-state index in [4.69, 9.17) is 9.97 Å². The summed E-state index contributed by atoms with van der Waals surface area (Å²) in [4.78, 5) is 10.8. The Labute approximate surface area is 307 Å². The van der Waals surface area contributed by atoms with Crippen LogP contribution in [0.2, 0.25) is 0 Å². The van der Waals surface area contributed by atoms with Crippen LogP contribution in [0, 0.1) is 0 Å². The van der Waals surface area contributed by atoms with Crippen LogP contribution < -0.4 is 0 Å². The molecule has 53 heavy (non-hydrogen) atoms. The quantitative estimate of drug-likeness (QED) is 0.185. The summed E-state index contributed by atoms with van der Waals surface area (Å²) >= 11 is 1.83. The molecule has 8 aromatic carbocycles. The second-order valence-corrected chi connectivity index (χ2v) is 14.9. The highest BCUT2D eigenvalue weighted by Crippen LogP contribution is 2.42. The number of hydrogen-bond donors (Lipinski definition) is 0. The minimum absolute atomic E-state index is 0.829. The number of nitrogens with zero attached hydrogens (tertiary/aromatic N) is 4. The fourth-order valence-electron chi connectivity index (χ4n) is 8.48. The Balaban J connectivity index is 1.18. The predicted molar refractivity (Wildman–Crippen MR) is 224 cm³/mol. The van der Waals surface area contributed by atoms with Gasteiger partial charge in [-0.25, -0.2) is 9.97 Å². The maximum atomic E-state index is 5.43. The summed E-state index contributed by atoms with van der Waals surface area (Å²) < 4.78 is 7.29. The summed E-state index contributed by atoms with van der Waals surface area (Å²) in [6.07, 6.45) is 0. The van der Waals surface area contributed by atoms with Crippen LogP contribution in [0.4, 0.5) is 0 Å². The summed E-state index contributed by atoms with van der Waals surface area (Å²) in [5, 5.41) is 9.76. The summed E-state index contributed by atoms with van der Waals surface area (Å²) in [7, 11) is 0. The molecule has 0 radical (unpaired) electrons. The van der Waals surface area contributed by atoms with E-state index >= 15 is 0 Å². The zero-order chi connectivity index (χ0) is 34.6. The maximum absolute atomic E-state index is 5.43. The Hall–Kier alpha value is -6.82. The lowest BCUT2D eigenvalue weighted by atomic mass is 10.0. The van der Waals surface area contributed by atoms with E-state index in [-0.39, 0.29) is 0 Å². The highest BCUT2D eigenvalue weighted by atomic mass is 32.1. The molecule has 0 aliphatic carbocycles. The molecule has 0 aliphatic rings. The Morgan fingerprint density at radius 2 is 0.943 bits per heavy atom. The van der Waals surface area contributed by atoms with E-state index in [1.165, 1.54) is 63.5 Å². The van der Waals surface area contributed by atoms with Gasteiger partial charge in [0.1, 0.15) is 5.69 Å². The third kappa shape index (κ3) is 4.17. The molecule has 4 nitrogen and oxygen atoms in total. The molecule has 0 atom stereocenters. The molecule has 0 bridgehead atoms. The molecule has 0 fully saturated rings. The van der Waals surface area contributed by atoms with Crippen LogP contribution in [0.15, 0.2) is 170 Å². The zero-order valence-electron chi connectivity index (χ0n) is 28.4.